The van der Waals surface area contributed by atoms with E-state index in [1.165, 1.54) is 6.07 Å². The Bertz CT molecular complexity index is 620. The normalized spacial score (nSPS) is 13.0. The molecule has 0 saturated carbocycles. The van der Waals surface area contributed by atoms with Gasteiger partial charge in [0, 0.05) is 24.5 Å². The predicted molar refractivity (Wildman–Crippen MR) is 76.5 cm³/mol. The molecule has 1 rings (SSSR count). The van der Waals surface area contributed by atoms with Gasteiger partial charge in [-0.3, -0.25) is 0 Å². The lowest BCUT2D eigenvalue weighted by molar-refractivity contribution is -0.135. The number of alkyl halides is 4. The molecule has 0 N–H and O–H groups in total. The van der Waals surface area contributed by atoms with Gasteiger partial charge in [-0.25, -0.2) is 12.7 Å². The topological polar surface area (TPSA) is 37.4 Å². The number of benzene rings is 1. The maximum absolute atomic E-state index is 12.2. The Labute approximate surface area is 135 Å². The molecule has 0 atom stereocenters. The van der Waals surface area contributed by atoms with E-state index < -0.39 is 29.2 Å². The Kier molecular flexibility index (Phi) is 6.20. The second-order valence-corrected chi connectivity index (χ2v) is 7.29. The number of rotatable bonds is 5. The fourth-order valence-electron chi connectivity index (χ4n) is 1.44. The van der Waals surface area contributed by atoms with Gasteiger partial charge in [0.05, 0.1) is 11.4 Å². The largest absolute Gasteiger partial charge is 0.390 e. The van der Waals surface area contributed by atoms with Crippen LogP contribution in [0.5, 0.6) is 0 Å². The highest BCUT2D eigenvalue weighted by molar-refractivity contribution is 7.89. The molecule has 0 heterocycles. The molecule has 1 aromatic carbocycles. The van der Waals surface area contributed by atoms with Gasteiger partial charge in [0.25, 0.3) is 0 Å². The number of hydrogen-bond donors (Lipinski definition) is 0. The third-order valence-electron chi connectivity index (χ3n) is 2.64. The van der Waals surface area contributed by atoms with Gasteiger partial charge >= 0.3 is 6.18 Å². The van der Waals surface area contributed by atoms with Crippen molar-refractivity contribution in [1.82, 2.24) is 4.31 Å². The van der Waals surface area contributed by atoms with Crippen molar-refractivity contribution in [3.8, 4) is 0 Å². The molecule has 0 unspecified atom stereocenters. The van der Waals surface area contributed by atoms with Gasteiger partial charge in [0.2, 0.25) is 10.0 Å². The summed E-state index contributed by atoms with van der Waals surface area (Å²) in [4.78, 5) is -0.325. The molecule has 3 nitrogen and oxygen atoms in total. The van der Waals surface area contributed by atoms with Crippen LogP contribution in [0.3, 0.4) is 0 Å². The Morgan fingerprint density at radius 3 is 2.24 bits per heavy atom. The van der Waals surface area contributed by atoms with Crippen LogP contribution in [0.1, 0.15) is 12.0 Å². The fraction of sp³-hybridized carbons (Fsp3) is 0.455. The van der Waals surface area contributed by atoms with Gasteiger partial charge < -0.3 is 0 Å². The molecule has 0 saturated heterocycles. The highest BCUT2D eigenvalue weighted by atomic mass is 35.5. The zero-order valence-electron chi connectivity index (χ0n) is 10.7. The summed E-state index contributed by atoms with van der Waals surface area (Å²) in [5, 5.41) is 0.0135. The fourth-order valence-corrected chi connectivity index (χ4v) is 3.74. The average Bonchev–Trinajstić information content (AvgIpc) is 2.34. The van der Waals surface area contributed by atoms with Gasteiger partial charge in [-0.2, -0.15) is 13.2 Å². The van der Waals surface area contributed by atoms with Gasteiger partial charge in [-0.05, 0) is 17.7 Å². The summed E-state index contributed by atoms with van der Waals surface area (Å²) < 4.78 is 61.6. The monoisotopic (exact) mass is 383 g/mol. The first-order valence-electron chi connectivity index (χ1n) is 5.56. The van der Waals surface area contributed by atoms with Crippen LogP contribution >= 0.6 is 34.8 Å². The molecule has 0 spiro atoms. The van der Waals surface area contributed by atoms with E-state index in [0.29, 0.717) is 9.87 Å². The summed E-state index contributed by atoms with van der Waals surface area (Å²) in [5.41, 5.74) is 0.325. The smallest absolute Gasteiger partial charge is 0.207 e. The molecular weight excluding hydrogens is 374 g/mol. The summed E-state index contributed by atoms with van der Waals surface area (Å²) in [5.74, 6) is -0.0508. The molecule has 10 heteroatoms. The molecule has 21 heavy (non-hydrogen) atoms. The third-order valence-corrected chi connectivity index (χ3v) is 5.60. The first kappa shape index (κ1) is 18.8. The summed E-state index contributed by atoms with van der Waals surface area (Å²) in [7, 11) is -3.11. The molecular formula is C11H11Cl3F3NO2S. The van der Waals surface area contributed by atoms with E-state index >= 15 is 0 Å². The Morgan fingerprint density at radius 1 is 1.19 bits per heavy atom. The van der Waals surface area contributed by atoms with Gasteiger partial charge in [0.15, 0.2) is 0 Å². The summed E-state index contributed by atoms with van der Waals surface area (Å²) >= 11 is 17.3. The highest BCUT2D eigenvalue weighted by Crippen LogP contribution is 2.31. The standard InChI is InChI=1S/C11H11Cl3F3NO2S/c1-18(3-2-11(15,16)17)21(19,20)10-4-7(6-12)8(13)5-9(10)14/h4-5H,2-3,6H2,1H3. The van der Waals surface area contributed by atoms with Crippen molar-refractivity contribution in [3.05, 3.63) is 27.7 Å². The Hall–Kier alpha value is -0.210. The first-order valence-corrected chi connectivity index (χ1v) is 8.29. The molecule has 0 aliphatic rings. The van der Waals surface area contributed by atoms with Gasteiger partial charge in [-0.1, -0.05) is 23.2 Å². The number of sulfonamides is 1. The molecule has 0 amide bonds. The SMILES string of the molecule is CN(CCC(F)(F)F)S(=O)(=O)c1cc(CCl)c(Cl)cc1Cl. The molecule has 1 aromatic rings. The van der Waals surface area contributed by atoms with Crippen LogP contribution in [0, 0.1) is 0 Å². The zero-order valence-corrected chi connectivity index (χ0v) is 13.8. The first-order chi connectivity index (χ1) is 9.49. The van der Waals surface area contributed by atoms with Crippen LogP contribution in [-0.2, 0) is 15.9 Å². The molecule has 0 fully saturated rings. The van der Waals surface area contributed by atoms with Crippen molar-refractivity contribution in [2.45, 2.75) is 23.4 Å². The quantitative estimate of drug-likeness (QED) is 0.710. The summed E-state index contributed by atoms with van der Waals surface area (Å²) in [6.45, 7) is -0.707. The lowest BCUT2D eigenvalue weighted by Gasteiger charge is -2.19. The van der Waals surface area contributed by atoms with E-state index in [9.17, 15) is 21.6 Å². The number of nitrogens with zero attached hydrogens (tertiary/aromatic N) is 1. The van der Waals surface area contributed by atoms with Crippen molar-refractivity contribution in [1.29, 1.82) is 0 Å². The van der Waals surface area contributed by atoms with Crippen molar-refractivity contribution in [3.63, 3.8) is 0 Å². The van der Waals surface area contributed by atoms with Crippen molar-refractivity contribution < 1.29 is 21.6 Å². The molecule has 0 radical (unpaired) electrons. The van der Waals surface area contributed by atoms with Crippen LogP contribution in [-0.4, -0.2) is 32.5 Å². The second kappa shape index (κ2) is 6.91. The molecule has 0 aliphatic heterocycles. The summed E-state index contributed by atoms with van der Waals surface area (Å²) in [6, 6.07) is 2.36. The van der Waals surface area contributed by atoms with E-state index in [1.54, 1.807) is 0 Å². The minimum absolute atomic E-state index is 0.0508. The Balaban J connectivity index is 3.13. The predicted octanol–water partition coefficient (Wildman–Crippen LogP) is 4.31. The number of hydrogen-bond acceptors (Lipinski definition) is 2. The molecule has 120 valence electrons. The molecule has 0 aromatic heterocycles. The van der Waals surface area contributed by atoms with Crippen LogP contribution in [0.2, 0.25) is 10.0 Å². The van der Waals surface area contributed by atoms with Crippen LogP contribution in [0.4, 0.5) is 13.2 Å². The van der Waals surface area contributed by atoms with Gasteiger partial charge in [-0.15, -0.1) is 11.6 Å². The third kappa shape index (κ3) is 4.89. The minimum Gasteiger partial charge on any atom is -0.207 e. The van der Waals surface area contributed by atoms with Crippen molar-refractivity contribution in [2.75, 3.05) is 13.6 Å². The molecule has 0 aliphatic carbocycles. The lowest BCUT2D eigenvalue weighted by Crippen LogP contribution is -2.31. The van der Waals surface area contributed by atoms with Crippen LogP contribution in [0.25, 0.3) is 0 Å². The van der Waals surface area contributed by atoms with E-state index in [1.807, 2.05) is 0 Å². The zero-order chi connectivity index (χ0) is 16.4. The summed E-state index contributed by atoms with van der Waals surface area (Å²) in [6.07, 6.45) is -5.70. The van der Waals surface area contributed by atoms with E-state index in [4.69, 9.17) is 34.8 Å². The van der Waals surface area contributed by atoms with Crippen LogP contribution in [0.15, 0.2) is 17.0 Å². The Morgan fingerprint density at radius 2 is 1.76 bits per heavy atom. The maximum Gasteiger partial charge on any atom is 0.390 e. The van der Waals surface area contributed by atoms with Crippen molar-refractivity contribution >= 4 is 44.8 Å². The molecule has 0 bridgehead atoms. The average molecular weight is 385 g/mol. The highest BCUT2D eigenvalue weighted by Gasteiger charge is 2.31. The van der Waals surface area contributed by atoms with Crippen LogP contribution < -0.4 is 0 Å². The van der Waals surface area contributed by atoms with Gasteiger partial charge in [0.1, 0.15) is 4.90 Å². The lowest BCUT2D eigenvalue weighted by atomic mass is 10.2. The maximum atomic E-state index is 12.2. The minimum atomic E-state index is -4.45. The van der Waals surface area contributed by atoms with E-state index in [-0.39, 0.29) is 20.8 Å². The van der Waals surface area contributed by atoms with E-state index in [0.717, 1.165) is 13.1 Å². The second-order valence-electron chi connectivity index (χ2n) is 4.20. The van der Waals surface area contributed by atoms with E-state index in [2.05, 4.69) is 0 Å². The number of halogens is 6. The van der Waals surface area contributed by atoms with Crippen molar-refractivity contribution in [2.24, 2.45) is 0 Å².